The molecule has 0 saturated carbocycles. The Kier molecular flexibility index (Phi) is 7.00. The number of hydrogen-bond donors (Lipinski definition) is 1. The van der Waals surface area contributed by atoms with Crippen LogP contribution in [-0.4, -0.2) is 10.5 Å². The third kappa shape index (κ3) is 4.89. The molecule has 4 heteroatoms. The fourth-order valence-electron chi connectivity index (χ4n) is 4.51. The number of primary amides is 1. The minimum absolute atomic E-state index is 0.391. The average molecular weight is 457 g/mol. The summed E-state index contributed by atoms with van der Waals surface area (Å²) >= 11 is 6.24. The Labute approximate surface area is 200 Å². The SMILES string of the molecule is CCCCc1c(-c2ccc(-c3ccccc3)cc2)c(C(N)=O)c(C)n1Cc1cccc(Cl)c1. The maximum Gasteiger partial charge on any atom is 0.251 e. The van der Waals surface area contributed by atoms with Gasteiger partial charge in [-0.3, -0.25) is 4.79 Å². The first kappa shape index (κ1) is 22.9. The van der Waals surface area contributed by atoms with Crippen molar-refractivity contribution >= 4 is 17.5 Å². The molecule has 1 amide bonds. The van der Waals surface area contributed by atoms with Crippen molar-refractivity contribution in [3.63, 3.8) is 0 Å². The molecular weight excluding hydrogens is 428 g/mol. The van der Waals surface area contributed by atoms with Gasteiger partial charge in [0.25, 0.3) is 5.91 Å². The molecule has 0 unspecified atom stereocenters. The zero-order valence-corrected chi connectivity index (χ0v) is 19.9. The molecule has 1 aromatic heterocycles. The van der Waals surface area contributed by atoms with Crippen molar-refractivity contribution in [2.24, 2.45) is 5.73 Å². The Morgan fingerprint density at radius 2 is 1.58 bits per heavy atom. The number of carbonyl (C=O) groups is 1. The zero-order chi connectivity index (χ0) is 23.4. The second-order valence-electron chi connectivity index (χ2n) is 8.41. The predicted octanol–water partition coefficient (Wildman–Crippen LogP) is 7.27. The fourth-order valence-corrected chi connectivity index (χ4v) is 4.72. The molecule has 33 heavy (non-hydrogen) atoms. The molecule has 4 aromatic rings. The van der Waals surface area contributed by atoms with Crippen molar-refractivity contribution in [2.45, 2.75) is 39.7 Å². The summed E-state index contributed by atoms with van der Waals surface area (Å²) in [4.78, 5) is 12.6. The van der Waals surface area contributed by atoms with Crippen LogP contribution >= 0.6 is 11.6 Å². The zero-order valence-electron chi connectivity index (χ0n) is 19.1. The summed E-state index contributed by atoms with van der Waals surface area (Å²) in [5, 5.41) is 0.708. The minimum Gasteiger partial charge on any atom is -0.366 e. The van der Waals surface area contributed by atoms with Crippen LogP contribution in [0.2, 0.25) is 5.02 Å². The molecule has 0 aliphatic rings. The first-order chi connectivity index (χ1) is 16.0. The lowest BCUT2D eigenvalue weighted by Crippen LogP contribution is -2.13. The molecule has 0 bridgehead atoms. The topological polar surface area (TPSA) is 48.0 Å². The number of amides is 1. The lowest BCUT2D eigenvalue weighted by Gasteiger charge is -2.14. The quantitative estimate of drug-likeness (QED) is 0.297. The average Bonchev–Trinajstić information content (AvgIpc) is 3.10. The van der Waals surface area contributed by atoms with E-state index in [1.807, 2.05) is 43.3 Å². The molecule has 2 N–H and O–H groups in total. The molecule has 3 nitrogen and oxygen atoms in total. The van der Waals surface area contributed by atoms with E-state index in [-0.39, 0.29) is 0 Å². The van der Waals surface area contributed by atoms with Crippen LogP contribution in [0.25, 0.3) is 22.3 Å². The first-order valence-corrected chi connectivity index (χ1v) is 11.8. The molecule has 0 fully saturated rings. The minimum atomic E-state index is -0.391. The van der Waals surface area contributed by atoms with Gasteiger partial charge in [-0.25, -0.2) is 0 Å². The van der Waals surface area contributed by atoms with E-state index in [1.54, 1.807) is 0 Å². The van der Waals surface area contributed by atoms with E-state index >= 15 is 0 Å². The molecule has 0 saturated heterocycles. The normalized spacial score (nSPS) is 11.0. The van der Waals surface area contributed by atoms with Gasteiger partial charge in [0, 0.05) is 28.5 Å². The van der Waals surface area contributed by atoms with Gasteiger partial charge in [-0.05, 0) is 54.2 Å². The Morgan fingerprint density at radius 1 is 0.909 bits per heavy atom. The van der Waals surface area contributed by atoms with Crippen LogP contribution in [0.3, 0.4) is 0 Å². The monoisotopic (exact) mass is 456 g/mol. The number of benzene rings is 3. The number of halogens is 1. The number of hydrogen-bond acceptors (Lipinski definition) is 1. The number of carbonyl (C=O) groups excluding carboxylic acids is 1. The van der Waals surface area contributed by atoms with Gasteiger partial charge >= 0.3 is 0 Å². The van der Waals surface area contributed by atoms with Gasteiger partial charge in [-0.1, -0.05) is 91.7 Å². The first-order valence-electron chi connectivity index (χ1n) is 11.4. The van der Waals surface area contributed by atoms with Gasteiger partial charge in [-0.15, -0.1) is 0 Å². The highest BCUT2D eigenvalue weighted by Crippen LogP contribution is 2.35. The van der Waals surface area contributed by atoms with E-state index in [0.717, 1.165) is 52.9 Å². The van der Waals surface area contributed by atoms with E-state index in [2.05, 4.69) is 54.0 Å². The molecule has 0 atom stereocenters. The van der Waals surface area contributed by atoms with Crippen LogP contribution in [0.1, 0.15) is 47.1 Å². The van der Waals surface area contributed by atoms with E-state index in [4.69, 9.17) is 17.3 Å². The highest BCUT2D eigenvalue weighted by atomic mass is 35.5. The van der Waals surface area contributed by atoms with Gasteiger partial charge in [0.1, 0.15) is 0 Å². The second kappa shape index (κ2) is 10.1. The van der Waals surface area contributed by atoms with Gasteiger partial charge in [0.05, 0.1) is 5.56 Å². The molecule has 0 spiro atoms. The van der Waals surface area contributed by atoms with Crippen LogP contribution in [0.15, 0.2) is 78.9 Å². The van der Waals surface area contributed by atoms with Crippen molar-refractivity contribution in [2.75, 3.05) is 0 Å². The van der Waals surface area contributed by atoms with Crippen molar-refractivity contribution in [1.29, 1.82) is 0 Å². The van der Waals surface area contributed by atoms with Crippen LogP contribution in [-0.2, 0) is 13.0 Å². The molecule has 0 radical (unpaired) electrons. The highest BCUT2D eigenvalue weighted by Gasteiger charge is 2.24. The molecule has 1 heterocycles. The summed E-state index contributed by atoms with van der Waals surface area (Å²) in [5.74, 6) is -0.391. The highest BCUT2D eigenvalue weighted by molar-refractivity contribution is 6.30. The smallest absolute Gasteiger partial charge is 0.251 e. The third-order valence-corrected chi connectivity index (χ3v) is 6.39. The van der Waals surface area contributed by atoms with Crippen LogP contribution in [0, 0.1) is 6.92 Å². The van der Waals surface area contributed by atoms with Crippen LogP contribution < -0.4 is 5.73 Å². The van der Waals surface area contributed by atoms with E-state index < -0.39 is 5.91 Å². The summed E-state index contributed by atoms with van der Waals surface area (Å²) in [6.45, 7) is 4.82. The van der Waals surface area contributed by atoms with E-state index in [0.29, 0.717) is 17.1 Å². The number of rotatable bonds is 8. The Hall–Kier alpha value is -3.30. The molecule has 3 aromatic carbocycles. The fraction of sp³-hybridized carbons (Fsp3) is 0.207. The molecule has 0 aliphatic heterocycles. The van der Waals surface area contributed by atoms with Crippen molar-refractivity contribution in [3.8, 4) is 22.3 Å². The second-order valence-corrected chi connectivity index (χ2v) is 8.85. The van der Waals surface area contributed by atoms with Gasteiger partial charge in [-0.2, -0.15) is 0 Å². The van der Waals surface area contributed by atoms with Crippen LogP contribution in [0.5, 0.6) is 0 Å². The standard InChI is InChI=1S/C29H29ClN2O/c1-3-4-13-26-28(24-16-14-23(15-17-24)22-10-6-5-7-11-22)27(29(31)33)20(2)32(26)19-21-9-8-12-25(30)18-21/h5-12,14-18H,3-4,13,19H2,1-2H3,(H2,31,33). The maximum absolute atomic E-state index is 12.6. The summed E-state index contributed by atoms with van der Waals surface area (Å²) in [5.41, 5.74) is 14.0. The summed E-state index contributed by atoms with van der Waals surface area (Å²) in [7, 11) is 0. The number of nitrogens with two attached hydrogens (primary N) is 1. The Balaban J connectivity index is 1.84. The summed E-state index contributed by atoms with van der Waals surface area (Å²) in [6.07, 6.45) is 2.98. The molecule has 0 aliphatic carbocycles. The lowest BCUT2D eigenvalue weighted by atomic mass is 9.95. The molecular formula is C29H29ClN2O. The molecule has 168 valence electrons. The Bertz CT molecular complexity index is 1260. The van der Waals surface area contributed by atoms with Gasteiger partial charge < -0.3 is 10.3 Å². The maximum atomic E-state index is 12.6. The van der Waals surface area contributed by atoms with E-state index in [9.17, 15) is 4.79 Å². The van der Waals surface area contributed by atoms with Gasteiger partial charge in [0.2, 0.25) is 0 Å². The van der Waals surface area contributed by atoms with Crippen molar-refractivity contribution in [3.05, 3.63) is 106 Å². The van der Waals surface area contributed by atoms with Crippen molar-refractivity contribution in [1.82, 2.24) is 4.57 Å². The Morgan fingerprint density at radius 3 is 2.21 bits per heavy atom. The van der Waals surface area contributed by atoms with Gasteiger partial charge in [0.15, 0.2) is 0 Å². The van der Waals surface area contributed by atoms with Crippen LogP contribution in [0.4, 0.5) is 0 Å². The number of nitrogens with zero attached hydrogens (tertiary/aromatic N) is 1. The summed E-state index contributed by atoms with van der Waals surface area (Å²) < 4.78 is 2.24. The number of unbranched alkanes of at least 4 members (excludes halogenated alkanes) is 1. The molecule has 4 rings (SSSR count). The lowest BCUT2D eigenvalue weighted by molar-refractivity contribution is 0.1000. The summed E-state index contributed by atoms with van der Waals surface area (Å²) in [6, 6.07) is 26.6. The largest absolute Gasteiger partial charge is 0.366 e. The third-order valence-electron chi connectivity index (χ3n) is 6.16. The van der Waals surface area contributed by atoms with E-state index in [1.165, 1.54) is 5.56 Å². The number of aromatic nitrogens is 1. The van der Waals surface area contributed by atoms with Crippen molar-refractivity contribution < 1.29 is 4.79 Å². The predicted molar refractivity (Wildman–Crippen MR) is 138 cm³/mol.